The van der Waals surface area contributed by atoms with Crippen LogP contribution in [0.15, 0.2) is 21.3 Å². The Bertz CT molecular complexity index is 565. The molecular formula is C14H19N3O2S. The summed E-state index contributed by atoms with van der Waals surface area (Å²) >= 11 is 1.63. The van der Waals surface area contributed by atoms with E-state index in [1.807, 2.05) is 16.8 Å². The number of aromatic nitrogens is 2. The van der Waals surface area contributed by atoms with Crippen molar-refractivity contribution in [3.05, 3.63) is 22.7 Å². The first-order chi connectivity index (χ1) is 9.52. The number of rotatable bonds is 3. The van der Waals surface area contributed by atoms with Gasteiger partial charge in [-0.2, -0.15) is 16.3 Å². The van der Waals surface area contributed by atoms with Crippen molar-refractivity contribution < 1.29 is 9.26 Å². The van der Waals surface area contributed by atoms with Crippen molar-refractivity contribution in [3.8, 4) is 11.4 Å². The summed E-state index contributed by atoms with van der Waals surface area (Å²) in [5, 5.41) is 8.08. The van der Waals surface area contributed by atoms with Gasteiger partial charge < -0.3 is 9.26 Å². The average molecular weight is 293 g/mol. The van der Waals surface area contributed by atoms with Gasteiger partial charge in [-0.15, -0.1) is 0 Å². The van der Waals surface area contributed by atoms with E-state index in [1.165, 1.54) is 0 Å². The van der Waals surface area contributed by atoms with Crippen LogP contribution in [-0.2, 0) is 11.3 Å². The molecule has 108 valence electrons. The zero-order valence-corrected chi connectivity index (χ0v) is 12.8. The molecule has 20 heavy (non-hydrogen) atoms. The lowest BCUT2D eigenvalue weighted by atomic mass is 10.1. The standard InChI is InChI=1S/C14H19N3O2S/c1-10-6-17(9-14(2,3)18-10)7-12-15-13(16-19-12)11-4-5-20-8-11/h4-5,8,10H,6-7,9H2,1-3H3. The van der Waals surface area contributed by atoms with E-state index >= 15 is 0 Å². The van der Waals surface area contributed by atoms with Crippen LogP contribution in [0.25, 0.3) is 11.4 Å². The van der Waals surface area contributed by atoms with E-state index in [0.29, 0.717) is 18.3 Å². The molecule has 1 fully saturated rings. The van der Waals surface area contributed by atoms with Gasteiger partial charge in [-0.3, -0.25) is 4.90 Å². The van der Waals surface area contributed by atoms with Crippen LogP contribution in [0.1, 0.15) is 26.7 Å². The zero-order chi connectivity index (χ0) is 14.2. The van der Waals surface area contributed by atoms with Crippen LogP contribution in [0.2, 0.25) is 0 Å². The van der Waals surface area contributed by atoms with E-state index in [9.17, 15) is 0 Å². The number of morpholine rings is 1. The molecule has 0 N–H and O–H groups in total. The second-order valence-electron chi connectivity index (χ2n) is 5.88. The van der Waals surface area contributed by atoms with E-state index in [-0.39, 0.29) is 11.7 Å². The Kier molecular flexibility index (Phi) is 3.62. The maximum atomic E-state index is 5.90. The molecule has 3 rings (SSSR count). The van der Waals surface area contributed by atoms with Gasteiger partial charge in [0.05, 0.1) is 18.2 Å². The highest BCUT2D eigenvalue weighted by Gasteiger charge is 2.32. The van der Waals surface area contributed by atoms with Crippen molar-refractivity contribution in [2.45, 2.75) is 39.0 Å². The number of nitrogens with zero attached hydrogens (tertiary/aromatic N) is 3. The van der Waals surface area contributed by atoms with Gasteiger partial charge in [0.15, 0.2) is 0 Å². The first-order valence-corrected chi connectivity index (χ1v) is 7.71. The Morgan fingerprint density at radius 2 is 2.35 bits per heavy atom. The highest BCUT2D eigenvalue weighted by molar-refractivity contribution is 7.08. The van der Waals surface area contributed by atoms with Crippen LogP contribution in [0.5, 0.6) is 0 Å². The molecular weight excluding hydrogens is 274 g/mol. The molecule has 0 aliphatic carbocycles. The topological polar surface area (TPSA) is 51.4 Å². The first kappa shape index (κ1) is 13.7. The number of hydrogen-bond donors (Lipinski definition) is 0. The monoisotopic (exact) mass is 293 g/mol. The molecule has 6 heteroatoms. The largest absolute Gasteiger partial charge is 0.370 e. The number of hydrogen-bond acceptors (Lipinski definition) is 6. The molecule has 0 saturated carbocycles. The molecule has 1 unspecified atom stereocenters. The van der Waals surface area contributed by atoms with E-state index in [1.54, 1.807) is 11.3 Å². The van der Waals surface area contributed by atoms with E-state index in [0.717, 1.165) is 18.7 Å². The fourth-order valence-corrected chi connectivity index (χ4v) is 3.36. The summed E-state index contributed by atoms with van der Waals surface area (Å²) in [7, 11) is 0. The first-order valence-electron chi connectivity index (χ1n) is 6.77. The summed E-state index contributed by atoms with van der Waals surface area (Å²) < 4.78 is 11.3. The minimum atomic E-state index is -0.131. The second-order valence-corrected chi connectivity index (χ2v) is 6.66. The van der Waals surface area contributed by atoms with E-state index in [2.05, 4.69) is 35.8 Å². The minimum Gasteiger partial charge on any atom is -0.370 e. The third kappa shape index (κ3) is 3.08. The van der Waals surface area contributed by atoms with Gasteiger partial charge >= 0.3 is 0 Å². The molecule has 1 aliphatic rings. The van der Waals surface area contributed by atoms with E-state index in [4.69, 9.17) is 9.26 Å². The summed E-state index contributed by atoms with van der Waals surface area (Å²) in [5.74, 6) is 1.33. The highest BCUT2D eigenvalue weighted by Crippen LogP contribution is 2.23. The Labute approximate surface area is 122 Å². The minimum absolute atomic E-state index is 0.131. The Balaban J connectivity index is 1.69. The third-order valence-electron chi connectivity index (χ3n) is 3.25. The van der Waals surface area contributed by atoms with Crippen molar-refractivity contribution >= 4 is 11.3 Å². The van der Waals surface area contributed by atoms with Crippen molar-refractivity contribution in [2.24, 2.45) is 0 Å². The van der Waals surface area contributed by atoms with Crippen LogP contribution in [0, 0.1) is 0 Å². The van der Waals surface area contributed by atoms with Gasteiger partial charge in [0.2, 0.25) is 11.7 Å². The highest BCUT2D eigenvalue weighted by atomic mass is 32.1. The van der Waals surface area contributed by atoms with Gasteiger partial charge in [0.1, 0.15) is 0 Å². The fourth-order valence-electron chi connectivity index (χ4n) is 2.73. The van der Waals surface area contributed by atoms with Crippen molar-refractivity contribution in [1.29, 1.82) is 0 Å². The summed E-state index contributed by atoms with van der Waals surface area (Å²) in [6, 6.07) is 2.00. The van der Waals surface area contributed by atoms with Gasteiger partial charge in [0.25, 0.3) is 0 Å². The van der Waals surface area contributed by atoms with Crippen molar-refractivity contribution in [1.82, 2.24) is 15.0 Å². The molecule has 2 aromatic rings. The summed E-state index contributed by atoms with van der Waals surface area (Å²) in [5.41, 5.74) is 0.883. The summed E-state index contributed by atoms with van der Waals surface area (Å²) in [6.45, 7) is 8.75. The Morgan fingerprint density at radius 1 is 1.50 bits per heavy atom. The van der Waals surface area contributed by atoms with Crippen LogP contribution in [0.4, 0.5) is 0 Å². The maximum absolute atomic E-state index is 5.90. The quantitative estimate of drug-likeness (QED) is 0.871. The van der Waals surface area contributed by atoms with Crippen LogP contribution < -0.4 is 0 Å². The normalized spacial score (nSPS) is 23.1. The lowest BCUT2D eigenvalue weighted by Gasteiger charge is -2.41. The smallest absolute Gasteiger partial charge is 0.241 e. The van der Waals surface area contributed by atoms with E-state index < -0.39 is 0 Å². The van der Waals surface area contributed by atoms with Crippen LogP contribution in [0.3, 0.4) is 0 Å². The van der Waals surface area contributed by atoms with Gasteiger partial charge in [-0.1, -0.05) is 5.16 Å². The molecule has 2 aromatic heterocycles. The van der Waals surface area contributed by atoms with Gasteiger partial charge in [-0.05, 0) is 32.2 Å². The van der Waals surface area contributed by atoms with Gasteiger partial charge in [-0.25, -0.2) is 0 Å². The van der Waals surface area contributed by atoms with Crippen molar-refractivity contribution in [2.75, 3.05) is 13.1 Å². The Morgan fingerprint density at radius 3 is 3.05 bits per heavy atom. The van der Waals surface area contributed by atoms with Crippen LogP contribution in [-0.4, -0.2) is 39.8 Å². The zero-order valence-electron chi connectivity index (χ0n) is 12.0. The predicted molar refractivity (Wildman–Crippen MR) is 77.5 cm³/mol. The second kappa shape index (κ2) is 5.27. The molecule has 0 amide bonds. The average Bonchev–Trinajstić information content (AvgIpc) is 2.94. The molecule has 1 saturated heterocycles. The fraction of sp³-hybridized carbons (Fsp3) is 0.571. The molecule has 3 heterocycles. The molecule has 0 bridgehead atoms. The number of thiophene rings is 1. The lowest BCUT2D eigenvalue weighted by Crippen LogP contribution is -2.51. The third-order valence-corrected chi connectivity index (χ3v) is 3.93. The maximum Gasteiger partial charge on any atom is 0.241 e. The molecule has 5 nitrogen and oxygen atoms in total. The molecule has 0 aromatic carbocycles. The summed E-state index contributed by atoms with van der Waals surface area (Å²) in [6.07, 6.45) is 0.220. The van der Waals surface area contributed by atoms with Crippen LogP contribution >= 0.6 is 11.3 Å². The number of ether oxygens (including phenoxy) is 1. The molecule has 0 radical (unpaired) electrons. The molecule has 0 spiro atoms. The molecule has 1 atom stereocenters. The van der Waals surface area contributed by atoms with Crippen molar-refractivity contribution in [3.63, 3.8) is 0 Å². The lowest BCUT2D eigenvalue weighted by molar-refractivity contribution is -0.132. The summed E-state index contributed by atoms with van der Waals surface area (Å²) in [4.78, 5) is 6.77. The molecule has 1 aliphatic heterocycles. The predicted octanol–water partition coefficient (Wildman–Crippen LogP) is 2.80. The Hall–Kier alpha value is -1.24. The SMILES string of the molecule is CC1CN(Cc2nc(-c3ccsc3)no2)CC(C)(C)O1. The van der Waals surface area contributed by atoms with Gasteiger partial charge in [0, 0.05) is 24.0 Å².